The Morgan fingerprint density at radius 1 is 1.24 bits per heavy atom. The fourth-order valence-corrected chi connectivity index (χ4v) is 4.82. The lowest BCUT2D eigenvalue weighted by molar-refractivity contribution is -0.124. The predicted molar refractivity (Wildman–Crippen MR) is 87.1 cm³/mol. The molecule has 0 radical (unpaired) electrons. The number of hydrogen-bond donors (Lipinski definition) is 0. The van der Waals surface area contributed by atoms with Crippen LogP contribution in [0.3, 0.4) is 0 Å². The minimum Gasteiger partial charge on any atom is -0.299 e. The van der Waals surface area contributed by atoms with Gasteiger partial charge in [-0.2, -0.15) is 5.10 Å². The van der Waals surface area contributed by atoms with Crippen LogP contribution in [0.5, 0.6) is 0 Å². The Morgan fingerprint density at radius 3 is 2.62 bits per heavy atom. The highest BCUT2D eigenvalue weighted by Gasteiger charge is 2.35. The summed E-state index contributed by atoms with van der Waals surface area (Å²) < 4.78 is 2.86. The third-order valence-corrected chi connectivity index (χ3v) is 6.63. The third kappa shape index (κ3) is 3.10. The molecule has 0 amide bonds. The first-order chi connectivity index (χ1) is 10.1. The molecule has 21 heavy (non-hydrogen) atoms. The zero-order valence-corrected chi connectivity index (χ0v) is 14.7. The molecule has 4 heteroatoms. The summed E-state index contributed by atoms with van der Waals surface area (Å²) in [5.74, 6) is 2.43. The maximum absolute atomic E-state index is 12.7. The van der Waals surface area contributed by atoms with E-state index in [1.165, 1.54) is 32.1 Å². The highest BCUT2D eigenvalue weighted by Crippen LogP contribution is 2.43. The summed E-state index contributed by atoms with van der Waals surface area (Å²) in [5, 5.41) is 4.39. The SMILES string of the molecule is Cc1nn(C)c(CC(=O)C2CCC3CCCCC3C2)c1Br. The van der Waals surface area contributed by atoms with Gasteiger partial charge in [0, 0.05) is 19.4 Å². The summed E-state index contributed by atoms with van der Waals surface area (Å²) in [6.07, 6.45) is 9.57. The number of hydrogen-bond acceptors (Lipinski definition) is 2. The largest absolute Gasteiger partial charge is 0.299 e. The zero-order chi connectivity index (χ0) is 15.0. The Kier molecular flexibility index (Phi) is 4.53. The maximum Gasteiger partial charge on any atom is 0.141 e. The normalized spacial score (nSPS) is 29.2. The van der Waals surface area contributed by atoms with Crippen LogP contribution in [0.25, 0.3) is 0 Å². The van der Waals surface area contributed by atoms with Gasteiger partial charge in [0.05, 0.1) is 15.9 Å². The molecule has 3 rings (SSSR count). The first kappa shape index (κ1) is 15.3. The predicted octanol–water partition coefficient (Wildman–Crippen LogP) is 4.21. The number of aromatic nitrogens is 2. The van der Waals surface area contributed by atoms with E-state index < -0.39 is 0 Å². The summed E-state index contributed by atoms with van der Waals surface area (Å²) >= 11 is 3.57. The number of Topliss-reactive ketones (excluding diaryl/α,β-unsaturated/α-hetero) is 1. The first-order valence-corrected chi connectivity index (χ1v) is 9.06. The lowest BCUT2D eigenvalue weighted by Crippen LogP contribution is -2.32. The van der Waals surface area contributed by atoms with Crippen molar-refractivity contribution in [3.63, 3.8) is 0 Å². The summed E-state index contributed by atoms with van der Waals surface area (Å²) in [7, 11) is 1.93. The van der Waals surface area contributed by atoms with Gasteiger partial charge < -0.3 is 0 Å². The molecule has 116 valence electrons. The fourth-order valence-electron chi connectivity index (χ4n) is 4.35. The standard InChI is InChI=1S/C17H25BrN2O/c1-11-17(18)15(20(2)19-11)10-16(21)14-8-7-12-5-3-4-6-13(12)9-14/h12-14H,3-10H2,1-2H3. The van der Waals surface area contributed by atoms with Crippen molar-refractivity contribution < 1.29 is 4.79 Å². The number of halogens is 1. The van der Waals surface area contributed by atoms with Gasteiger partial charge in [0.15, 0.2) is 0 Å². The molecule has 0 bridgehead atoms. The van der Waals surface area contributed by atoms with Gasteiger partial charge in [0.25, 0.3) is 0 Å². The van der Waals surface area contributed by atoms with Gasteiger partial charge in [0.2, 0.25) is 0 Å². The molecule has 2 aliphatic carbocycles. The Bertz CT molecular complexity index is 537. The summed E-state index contributed by atoms with van der Waals surface area (Å²) in [6.45, 7) is 1.98. The molecule has 3 unspecified atom stereocenters. The van der Waals surface area contributed by atoms with Crippen molar-refractivity contribution in [2.45, 2.75) is 58.3 Å². The quantitative estimate of drug-likeness (QED) is 0.816. The number of nitrogens with zero attached hydrogens (tertiary/aromatic N) is 2. The molecule has 3 nitrogen and oxygen atoms in total. The average molecular weight is 353 g/mol. The van der Waals surface area contributed by atoms with Crippen LogP contribution in [0.15, 0.2) is 4.47 Å². The van der Waals surface area contributed by atoms with Gasteiger partial charge in [-0.15, -0.1) is 0 Å². The van der Waals surface area contributed by atoms with Gasteiger partial charge in [-0.1, -0.05) is 25.7 Å². The number of fused-ring (bicyclic) bond motifs is 1. The van der Waals surface area contributed by atoms with E-state index in [1.807, 2.05) is 18.7 Å². The average Bonchev–Trinajstić information content (AvgIpc) is 2.73. The second-order valence-corrected chi connectivity index (χ2v) is 7.72. The molecular weight excluding hydrogens is 328 g/mol. The molecule has 2 aliphatic rings. The van der Waals surface area contributed by atoms with Crippen LogP contribution in [-0.2, 0) is 18.3 Å². The first-order valence-electron chi connectivity index (χ1n) is 8.27. The van der Waals surface area contributed by atoms with Crippen molar-refractivity contribution in [2.24, 2.45) is 24.8 Å². The Morgan fingerprint density at radius 2 is 1.95 bits per heavy atom. The van der Waals surface area contributed by atoms with E-state index in [2.05, 4.69) is 21.0 Å². The van der Waals surface area contributed by atoms with Crippen molar-refractivity contribution in [3.05, 3.63) is 15.9 Å². The minimum atomic E-state index is 0.284. The van der Waals surface area contributed by atoms with Crippen LogP contribution in [0.4, 0.5) is 0 Å². The number of ketones is 1. The number of rotatable bonds is 3. The molecule has 0 N–H and O–H groups in total. The molecule has 0 spiro atoms. The minimum absolute atomic E-state index is 0.284. The monoisotopic (exact) mass is 352 g/mol. The van der Waals surface area contributed by atoms with Crippen LogP contribution in [-0.4, -0.2) is 15.6 Å². The van der Waals surface area contributed by atoms with E-state index in [4.69, 9.17) is 0 Å². The molecule has 3 atom stereocenters. The van der Waals surface area contributed by atoms with Crippen LogP contribution < -0.4 is 0 Å². The van der Waals surface area contributed by atoms with Gasteiger partial charge in [-0.25, -0.2) is 0 Å². The van der Waals surface area contributed by atoms with E-state index in [0.717, 1.165) is 40.5 Å². The lowest BCUT2D eigenvalue weighted by Gasteiger charge is -2.38. The molecule has 2 saturated carbocycles. The molecule has 0 saturated heterocycles. The Balaban J connectivity index is 1.65. The molecule has 1 aromatic rings. The van der Waals surface area contributed by atoms with Crippen LogP contribution in [0, 0.1) is 24.7 Å². The second-order valence-electron chi connectivity index (χ2n) is 6.93. The molecular formula is C17H25BrN2O. The summed E-state index contributed by atoms with van der Waals surface area (Å²) in [5.41, 5.74) is 2.00. The van der Waals surface area contributed by atoms with E-state index in [-0.39, 0.29) is 5.92 Å². The highest BCUT2D eigenvalue weighted by molar-refractivity contribution is 9.10. The number of carbonyl (C=O) groups is 1. The van der Waals surface area contributed by atoms with Crippen LogP contribution in [0.1, 0.15) is 56.3 Å². The smallest absolute Gasteiger partial charge is 0.141 e. The fraction of sp³-hybridized carbons (Fsp3) is 0.765. The van der Waals surface area contributed by atoms with Crippen molar-refractivity contribution >= 4 is 21.7 Å². The van der Waals surface area contributed by atoms with Gasteiger partial charge in [0.1, 0.15) is 5.78 Å². The van der Waals surface area contributed by atoms with Crippen molar-refractivity contribution in [2.75, 3.05) is 0 Å². The van der Waals surface area contributed by atoms with Gasteiger partial charge in [-0.05, 0) is 54.0 Å². The summed E-state index contributed by atoms with van der Waals surface area (Å²) in [4.78, 5) is 12.7. The molecule has 0 aromatic carbocycles. The topological polar surface area (TPSA) is 34.9 Å². The molecule has 0 aliphatic heterocycles. The van der Waals surface area contributed by atoms with Crippen molar-refractivity contribution in [3.8, 4) is 0 Å². The van der Waals surface area contributed by atoms with E-state index in [1.54, 1.807) is 0 Å². The highest BCUT2D eigenvalue weighted by atomic mass is 79.9. The number of carbonyl (C=O) groups excluding carboxylic acids is 1. The Labute approximate surface area is 135 Å². The third-order valence-electron chi connectivity index (χ3n) is 5.60. The summed E-state index contributed by atoms with van der Waals surface area (Å²) in [6, 6.07) is 0. The lowest BCUT2D eigenvalue weighted by atomic mass is 9.66. The van der Waals surface area contributed by atoms with Crippen LogP contribution >= 0.6 is 15.9 Å². The Hall–Kier alpha value is -0.640. The van der Waals surface area contributed by atoms with E-state index in [9.17, 15) is 4.79 Å². The molecule has 1 heterocycles. The van der Waals surface area contributed by atoms with E-state index >= 15 is 0 Å². The van der Waals surface area contributed by atoms with Gasteiger partial charge >= 0.3 is 0 Å². The van der Waals surface area contributed by atoms with Crippen LogP contribution in [0.2, 0.25) is 0 Å². The second kappa shape index (κ2) is 6.23. The van der Waals surface area contributed by atoms with Crippen molar-refractivity contribution in [1.82, 2.24) is 9.78 Å². The van der Waals surface area contributed by atoms with E-state index in [0.29, 0.717) is 12.2 Å². The number of aryl methyl sites for hydroxylation is 2. The molecule has 1 aromatic heterocycles. The van der Waals surface area contributed by atoms with Crippen molar-refractivity contribution in [1.29, 1.82) is 0 Å². The zero-order valence-electron chi connectivity index (χ0n) is 13.1. The van der Waals surface area contributed by atoms with Gasteiger partial charge in [-0.3, -0.25) is 9.48 Å². The molecule has 2 fully saturated rings. The maximum atomic E-state index is 12.7.